The minimum atomic E-state index is 0.913. The van der Waals surface area contributed by atoms with Crippen molar-refractivity contribution in [3.8, 4) is 0 Å². The van der Waals surface area contributed by atoms with Crippen molar-refractivity contribution in [2.75, 3.05) is 20.6 Å². The maximum absolute atomic E-state index is 4.70. The molecule has 1 aromatic rings. The standard InChI is InChI=1S/C12H19N3/c1-9-10(7-13-2)6-11-8-15(3)5-4-12(11)14-9/h6,13H,4-5,7-8H2,1-3H3. The van der Waals surface area contributed by atoms with Crippen molar-refractivity contribution in [1.29, 1.82) is 0 Å². The van der Waals surface area contributed by atoms with Gasteiger partial charge < -0.3 is 10.2 Å². The van der Waals surface area contributed by atoms with Crippen LogP contribution in [0.25, 0.3) is 0 Å². The Morgan fingerprint density at radius 2 is 2.33 bits per heavy atom. The average Bonchev–Trinajstić information content (AvgIpc) is 2.20. The molecule has 1 aromatic heterocycles. The zero-order valence-corrected chi connectivity index (χ0v) is 9.80. The third kappa shape index (κ3) is 2.19. The lowest BCUT2D eigenvalue weighted by atomic mass is 10.0. The fraction of sp³-hybridized carbons (Fsp3) is 0.583. The van der Waals surface area contributed by atoms with E-state index in [1.165, 1.54) is 22.5 Å². The lowest BCUT2D eigenvalue weighted by molar-refractivity contribution is 0.309. The molecule has 0 aromatic carbocycles. The Balaban J connectivity index is 2.34. The van der Waals surface area contributed by atoms with Crippen LogP contribution in [-0.4, -0.2) is 30.5 Å². The van der Waals surface area contributed by atoms with Gasteiger partial charge in [-0.1, -0.05) is 0 Å². The highest BCUT2D eigenvalue weighted by Gasteiger charge is 2.15. The number of fused-ring (bicyclic) bond motifs is 1. The Morgan fingerprint density at radius 3 is 3.07 bits per heavy atom. The van der Waals surface area contributed by atoms with Crippen molar-refractivity contribution in [1.82, 2.24) is 15.2 Å². The molecular formula is C12H19N3. The van der Waals surface area contributed by atoms with E-state index in [1.807, 2.05) is 7.05 Å². The molecule has 1 aliphatic rings. The van der Waals surface area contributed by atoms with E-state index in [-0.39, 0.29) is 0 Å². The minimum Gasteiger partial charge on any atom is -0.316 e. The lowest BCUT2D eigenvalue weighted by Crippen LogP contribution is -2.28. The zero-order chi connectivity index (χ0) is 10.8. The van der Waals surface area contributed by atoms with Gasteiger partial charge in [0.15, 0.2) is 0 Å². The van der Waals surface area contributed by atoms with Gasteiger partial charge in [0.25, 0.3) is 0 Å². The fourth-order valence-electron chi connectivity index (χ4n) is 2.13. The predicted molar refractivity (Wildman–Crippen MR) is 61.8 cm³/mol. The number of hydrogen-bond acceptors (Lipinski definition) is 3. The second-order valence-corrected chi connectivity index (χ2v) is 4.36. The van der Waals surface area contributed by atoms with E-state index in [4.69, 9.17) is 4.98 Å². The van der Waals surface area contributed by atoms with E-state index in [0.717, 1.165) is 26.1 Å². The van der Waals surface area contributed by atoms with Crippen LogP contribution in [0.2, 0.25) is 0 Å². The summed E-state index contributed by atoms with van der Waals surface area (Å²) in [5, 5.41) is 3.19. The van der Waals surface area contributed by atoms with Crippen LogP contribution in [0.15, 0.2) is 6.07 Å². The molecule has 0 atom stereocenters. The van der Waals surface area contributed by atoms with Crippen molar-refractivity contribution < 1.29 is 0 Å². The van der Waals surface area contributed by atoms with E-state index in [9.17, 15) is 0 Å². The number of aromatic nitrogens is 1. The molecule has 82 valence electrons. The molecule has 2 heterocycles. The van der Waals surface area contributed by atoms with E-state index in [2.05, 4.69) is 30.3 Å². The van der Waals surface area contributed by atoms with Crippen LogP contribution in [0.4, 0.5) is 0 Å². The summed E-state index contributed by atoms with van der Waals surface area (Å²) in [6.45, 7) is 5.19. The fourth-order valence-corrected chi connectivity index (χ4v) is 2.13. The van der Waals surface area contributed by atoms with Gasteiger partial charge in [-0.15, -0.1) is 0 Å². The number of likely N-dealkylation sites (N-methyl/N-ethyl adjacent to an activating group) is 1. The molecule has 15 heavy (non-hydrogen) atoms. The van der Waals surface area contributed by atoms with Crippen LogP contribution in [0.1, 0.15) is 22.5 Å². The first-order valence-electron chi connectivity index (χ1n) is 5.52. The molecule has 3 nitrogen and oxygen atoms in total. The number of nitrogens with zero attached hydrogens (tertiary/aromatic N) is 2. The summed E-state index contributed by atoms with van der Waals surface area (Å²) in [4.78, 5) is 7.05. The highest BCUT2D eigenvalue weighted by molar-refractivity contribution is 5.31. The summed E-state index contributed by atoms with van der Waals surface area (Å²) in [6, 6.07) is 2.31. The Morgan fingerprint density at radius 1 is 1.53 bits per heavy atom. The topological polar surface area (TPSA) is 28.2 Å². The Bertz CT molecular complexity index is 360. The largest absolute Gasteiger partial charge is 0.316 e. The van der Waals surface area contributed by atoms with E-state index < -0.39 is 0 Å². The normalized spacial score (nSPS) is 16.5. The molecule has 0 saturated carbocycles. The molecule has 1 N–H and O–H groups in total. The number of pyridine rings is 1. The van der Waals surface area contributed by atoms with Crippen molar-refractivity contribution in [3.05, 3.63) is 28.6 Å². The minimum absolute atomic E-state index is 0.913. The summed E-state index contributed by atoms with van der Waals surface area (Å²) in [5.74, 6) is 0. The van der Waals surface area contributed by atoms with Crippen LogP contribution in [0.5, 0.6) is 0 Å². The number of rotatable bonds is 2. The Kier molecular flexibility index (Phi) is 3.03. The van der Waals surface area contributed by atoms with Gasteiger partial charge in [-0.05, 0) is 38.2 Å². The number of nitrogens with one attached hydrogen (secondary N) is 1. The predicted octanol–water partition coefficient (Wildman–Crippen LogP) is 1.10. The second-order valence-electron chi connectivity index (χ2n) is 4.36. The van der Waals surface area contributed by atoms with Crippen LogP contribution < -0.4 is 5.32 Å². The maximum Gasteiger partial charge on any atom is 0.0464 e. The Hall–Kier alpha value is -0.930. The number of aryl methyl sites for hydroxylation is 1. The van der Waals surface area contributed by atoms with Gasteiger partial charge in [0.05, 0.1) is 0 Å². The first-order valence-corrected chi connectivity index (χ1v) is 5.52. The van der Waals surface area contributed by atoms with Crippen LogP contribution >= 0.6 is 0 Å². The Labute approximate surface area is 91.5 Å². The van der Waals surface area contributed by atoms with E-state index >= 15 is 0 Å². The molecule has 0 saturated heterocycles. The van der Waals surface area contributed by atoms with Gasteiger partial charge in [0.2, 0.25) is 0 Å². The highest BCUT2D eigenvalue weighted by Crippen LogP contribution is 2.19. The smallest absolute Gasteiger partial charge is 0.0464 e. The summed E-state index contributed by atoms with van der Waals surface area (Å²) < 4.78 is 0. The third-order valence-corrected chi connectivity index (χ3v) is 3.02. The third-order valence-electron chi connectivity index (χ3n) is 3.02. The van der Waals surface area contributed by atoms with Crippen molar-refractivity contribution in [2.24, 2.45) is 0 Å². The highest BCUT2D eigenvalue weighted by atomic mass is 15.1. The van der Waals surface area contributed by atoms with Crippen molar-refractivity contribution in [2.45, 2.75) is 26.4 Å². The monoisotopic (exact) mass is 205 g/mol. The van der Waals surface area contributed by atoms with Crippen LogP contribution in [-0.2, 0) is 19.5 Å². The quantitative estimate of drug-likeness (QED) is 0.783. The van der Waals surface area contributed by atoms with E-state index in [1.54, 1.807) is 0 Å². The second kappa shape index (κ2) is 4.29. The van der Waals surface area contributed by atoms with Crippen molar-refractivity contribution in [3.63, 3.8) is 0 Å². The molecule has 0 bridgehead atoms. The van der Waals surface area contributed by atoms with E-state index in [0.29, 0.717) is 0 Å². The molecule has 2 rings (SSSR count). The lowest BCUT2D eigenvalue weighted by Gasteiger charge is -2.25. The van der Waals surface area contributed by atoms with Crippen molar-refractivity contribution >= 4 is 0 Å². The SMILES string of the molecule is CNCc1cc2c(nc1C)CCN(C)C2. The molecule has 0 amide bonds. The molecule has 0 radical (unpaired) electrons. The molecule has 0 unspecified atom stereocenters. The van der Waals surface area contributed by atoms with Gasteiger partial charge in [-0.3, -0.25) is 4.98 Å². The molecule has 0 aliphatic carbocycles. The first kappa shape index (κ1) is 10.6. The van der Waals surface area contributed by atoms with Gasteiger partial charge >= 0.3 is 0 Å². The summed E-state index contributed by atoms with van der Waals surface area (Å²) in [6.07, 6.45) is 1.09. The van der Waals surface area contributed by atoms with Gasteiger partial charge in [-0.2, -0.15) is 0 Å². The van der Waals surface area contributed by atoms with Crippen LogP contribution in [0, 0.1) is 6.92 Å². The van der Waals surface area contributed by atoms with Gasteiger partial charge in [-0.25, -0.2) is 0 Å². The number of hydrogen-bond donors (Lipinski definition) is 1. The maximum atomic E-state index is 4.70. The van der Waals surface area contributed by atoms with Gasteiger partial charge in [0.1, 0.15) is 0 Å². The molecule has 1 aliphatic heterocycles. The first-order chi connectivity index (χ1) is 7.20. The molecule has 0 fully saturated rings. The van der Waals surface area contributed by atoms with Gasteiger partial charge in [0, 0.05) is 37.4 Å². The summed E-state index contributed by atoms with van der Waals surface area (Å²) in [7, 11) is 4.14. The van der Waals surface area contributed by atoms with Crippen LogP contribution in [0.3, 0.4) is 0 Å². The molecule has 3 heteroatoms. The zero-order valence-electron chi connectivity index (χ0n) is 9.80. The summed E-state index contributed by atoms with van der Waals surface area (Å²) >= 11 is 0. The summed E-state index contributed by atoms with van der Waals surface area (Å²) in [5.41, 5.74) is 5.20. The molecule has 0 spiro atoms. The molecular weight excluding hydrogens is 186 g/mol. The average molecular weight is 205 g/mol.